The summed E-state index contributed by atoms with van der Waals surface area (Å²) in [6, 6.07) is 0.264. The Morgan fingerprint density at radius 2 is 2.21 bits per heavy atom. The van der Waals surface area contributed by atoms with Crippen LogP contribution < -0.4 is 0 Å². The smallest absolute Gasteiger partial charge is 0.211 e. The number of isocyanates is 1. The standard InChI is InChI=1S/C12H19NO/c1-4-11(2,3)12-7-9(12)5-6-10(12)13-8-14/h9-10H,4-7H2,1-3H3/t9-,10?,12?/m0/s1. The molecule has 2 unspecified atom stereocenters. The van der Waals surface area contributed by atoms with Crippen LogP contribution in [0.4, 0.5) is 0 Å². The van der Waals surface area contributed by atoms with E-state index >= 15 is 0 Å². The van der Waals surface area contributed by atoms with Gasteiger partial charge in [-0.1, -0.05) is 27.2 Å². The maximum Gasteiger partial charge on any atom is 0.235 e. The first-order chi connectivity index (χ1) is 6.58. The Balaban J connectivity index is 2.28. The van der Waals surface area contributed by atoms with E-state index in [-0.39, 0.29) is 6.04 Å². The lowest BCUT2D eigenvalue weighted by Crippen LogP contribution is -2.33. The fourth-order valence-corrected chi connectivity index (χ4v) is 3.59. The van der Waals surface area contributed by atoms with Crippen molar-refractivity contribution in [1.29, 1.82) is 0 Å². The summed E-state index contributed by atoms with van der Waals surface area (Å²) in [5.74, 6) is 0.833. The van der Waals surface area contributed by atoms with Gasteiger partial charge in [0.25, 0.3) is 0 Å². The van der Waals surface area contributed by atoms with Gasteiger partial charge < -0.3 is 0 Å². The molecule has 2 nitrogen and oxygen atoms in total. The molecular weight excluding hydrogens is 174 g/mol. The van der Waals surface area contributed by atoms with Gasteiger partial charge in [-0.2, -0.15) is 0 Å². The monoisotopic (exact) mass is 193 g/mol. The molecule has 0 saturated heterocycles. The molecule has 78 valence electrons. The van der Waals surface area contributed by atoms with Crippen LogP contribution in [-0.2, 0) is 4.79 Å². The molecule has 0 aliphatic heterocycles. The normalized spacial score (nSPS) is 40.2. The largest absolute Gasteiger partial charge is 0.235 e. The molecule has 2 aliphatic rings. The van der Waals surface area contributed by atoms with Crippen LogP contribution in [0.25, 0.3) is 0 Å². The minimum atomic E-state index is 0.264. The molecule has 2 aliphatic carbocycles. The molecule has 2 heteroatoms. The first-order valence-electron chi connectivity index (χ1n) is 5.65. The fraction of sp³-hybridized carbons (Fsp3) is 0.917. The molecule has 0 bridgehead atoms. The Hall–Kier alpha value is -0.620. The van der Waals surface area contributed by atoms with Crippen molar-refractivity contribution < 1.29 is 4.79 Å². The van der Waals surface area contributed by atoms with Gasteiger partial charge in [-0.25, -0.2) is 9.79 Å². The Bertz CT molecular complexity index is 291. The van der Waals surface area contributed by atoms with E-state index in [1.807, 2.05) is 0 Å². The second-order valence-corrected chi connectivity index (χ2v) is 5.49. The molecule has 0 aromatic carbocycles. The third kappa shape index (κ3) is 1.04. The van der Waals surface area contributed by atoms with Gasteiger partial charge in [-0.3, -0.25) is 0 Å². The number of hydrogen-bond acceptors (Lipinski definition) is 2. The van der Waals surface area contributed by atoms with Gasteiger partial charge in [0.2, 0.25) is 6.08 Å². The molecule has 0 aromatic rings. The van der Waals surface area contributed by atoms with Gasteiger partial charge in [0.05, 0.1) is 6.04 Å². The van der Waals surface area contributed by atoms with E-state index in [9.17, 15) is 4.79 Å². The molecule has 3 atom stereocenters. The number of carbonyl (C=O) groups excluding carboxylic acids is 1. The minimum Gasteiger partial charge on any atom is -0.211 e. The first kappa shape index (κ1) is 9.92. The van der Waals surface area contributed by atoms with Crippen LogP contribution in [0.3, 0.4) is 0 Å². The van der Waals surface area contributed by atoms with Crippen molar-refractivity contribution in [2.24, 2.45) is 21.7 Å². The van der Waals surface area contributed by atoms with Gasteiger partial charge in [0, 0.05) is 5.41 Å². The van der Waals surface area contributed by atoms with E-state index < -0.39 is 0 Å². The molecule has 0 spiro atoms. The van der Waals surface area contributed by atoms with Crippen LogP contribution in [0.2, 0.25) is 0 Å². The number of nitrogens with zero attached hydrogens (tertiary/aromatic N) is 1. The predicted octanol–water partition coefficient (Wildman–Crippen LogP) is 2.93. The molecule has 0 aromatic heterocycles. The summed E-state index contributed by atoms with van der Waals surface area (Å²) in [6.45, 7) is 6.89. The molecule has 14 heavy (non-hydrogen) atoms. The molecule has 0 amide bonds. The summed E-state index contributed by atoms with van der Waals surface area (Å²) >= 11 is 0. The zero-order chi connectivity index (χ0) is 10.4. The minimum absolute atomic E-state index is 0.264. The van der Waals surface area contributed by atoms with Crippen LogP contribution in [0.5, 0.6) is 0 Å². The number of hydrogen-bond donors (Lipinski definition) is 0. The van der Waals surface area contributed by atoms with Gasteiger partial charge in [-0.15, -0.1) is 0 Å². The van der Waals surface area contributed by atoms with Crippen molar-refractivity contribution in [3.05, 3.63) is 0 Å². The summed E-state index contributed by atoms with van der Waals surface area (Å²) in [6.07, 6.45) is 6.58. The van der Waals surface area contributed by atoms with Crippen molar-refractivity contribution in [3.63, 3.8) is 0 Å². The van der Waals surface area contributed by atoms with Crippen LogP contribution in [-0.4, -0.2) is 12.1 Å². The molecule has 2 saturated carbocycles. The third-order valence-electron chi connectivity index (χ3n) is 4.89. The van der Waals surface area contributed by atoms with E-state index in [0.717, 1.165) is 12.3 Å². The molecule has 2 rings (SSSR count). The summed E-state index contributed by atoms with van der Waals surface area (Å²) in [5, 5.41) is 0. The van der Waals surface area contributed by atoms with Crippen LogP contribution in [0, 0.1) is 16.7 Å². The Kier molecular flexibility index (Phi) is 2.08. The van der Waals surface area contributed by atoms with Crippen LogP contribution in [0.1, 0.15) is 46.5 Å². The van der Waals surface area contributed by atoms with Gasteiger partial charge in [0.15, 0.2) is 0 Å². The van der Waals surface area contributed by atoms with Gasteiger partial charge in [0.1, 0.15) is 0 Å². The Morgan fingerprint density at radius 1 is 1.50 bits per heavy atom. The van der Waals surface area contributed by atoms with Crippen molar-refractivity contribution in [2.75, 3.05) is 0 Å². The number of fused-ring (bicyclic) bond motifs is 1. The van der Waals surface area contributed by atoms with Gasteiger partial charge in [-0.05, 0) is 30.6 Å². The van der Waals surface area contributed by atoms with Crippen molar-refractivity contribution in [2.45, 2.75) is 52.5 Å². The van der Waals surface area contributed by atoms with E-state index in [0.29, 0.717) is 10.8 Å². The lowest BCUT2D eigenvalue weighted by molar-refractivity contribution is 0.149. The fourth-order valence-electron chi connectivity index (χ4n) is 3.59. The maximum absolute atomic E-state index is 10.4. The average Bonchev–Trinajstić information content (AvgIpc) is 2.81. The Morgan fingerprint density at radius 3 is 2.71 bits per heavy atom. The van der Waals surface area contributed by atoms with E-state index in [4.69, 9.17) is 0 Å². The highest BCUT2D eigenvalue weighted by atomic mass is 16.1. The average molecular weight is 193 g/mol. The van der Waals surface area contributed by atoms with Crippen molar-refractivity contribution in [3.8, 4) is 0 Å². The van der Waals surface area contributed by atoms with E-state index in [1.54, 1.807) is 6.08 Å². The summed E-state index contributed by atoms with van der Waals surface area (Å²) in [7, 11) is 0. The lowest BCUT2D eigenvalue weighted by Gasteiger charge is -2.36. The molecule has 0 heterocycles. The molecule has 0 radical (unpaired) electrons. The highest BCUT2D eigenvalue weighted by molar-refractivity contribution is 5.36. The highest BCUT2D eigenvalue weighted by Crippen LogP contribution is 2.73. The summed E-state index contributed by atoms with van der Waals surface area (Å²) in [5.41, 5.74) is 0.679. The van der Waals surface area contributed by atoms with Crippen molar-refractivity contribution in [1.82, 2.24) is 0 Å². The quantitative estimate of drug-likeness (QED) is 0.500. The predicted molar refractivity (Wildman–Crippen MR) is 55.8 cm³/mol. The molecule has 2 fully saturated rings. The topological polar surface area (TPSA) is 29.4 Å². The third-order valence-corrected chi connectivity index (χ3v) is 4.89. The lowest BCUT2D eigenvalue weighted by atomic mass is 9.70. The number of rotatable bonds is 3. The Labute approximate surface area is 85.8 Å². The summed E-state index contributed by atoms with van der Waals surface area (Å²) < 4.78 is 0. The second kappa shape index (κ2) is 2.93. The molecule has 0 N–H and O–H groups in total. The van der Waals surface area contributed by atoms with Crippen molar-refractivity contribution >= 4 is 6.08 Å². The zero-order valence-corrected chi connectivity index (χ0v) is 9.34. The second-order valence-electron chi connectivity index (χ2n) is 5.49. The van der Waals surface area contributed by atoms with E-state index in [1.165, 1.54) is 19.3 Å². The maximum atomic E-state index is 10.4. The van der Waals surface area contributed by atoms with Crippen LogP contribution >= 0.6 is 0 Å². The SMILES string of the molecule is CCC(C)(C)C12C[C@@H]1CCC2N=C=O. The highest BCUT2D eigenvalue weighted by Gasteiger charge is 2.68. The number of aliphatic imine (C=N–C) groups is 1. The first-order valence-corrected chi connectivity index (χ1v) is 5.65. The molecular formula is C12H19NO. The van der Waals surface area contributed by atoms with Gasteiger partial charge >= 0.3 is 0 Å². The van der Waals surface area contributed by atoms with Crippen LogP contribution in [0.15, 0.2) is 4.99 Å². The van der Waals surface area contributed by atoms with E-state index in [2.05, 4.69) is 25.8 Å². The zero-order valence-electron chi connectivity index (χ0n) is 9.34. The summed E-state index contributed by atoms with van der Waals surface area (Å²) in [4.78, 5) is 14.4.